The summed E-state index contributed by atoms with van der Waals surface area (Å²) in [7, 11) is 0. The molecule has 0 spiro atoms. The number of hydrogen-bond acceptors (Lipinski definition) is 12. The molecule has 50 heavy (non-hydrogen) atoms. The van der Waals surface area contributed by atoms with Crippen molar-refractivity contribution in [3.63, 3.8) is 0 Å². The van der Waals surface area contributed by atoms with Crippen LogP contribution in [0, 0.1) is 0 Å². The van der Waals surface area contributed by atoms with Gasteiger partial charge in [-0.25, -0.2) is 9.59 Å². The van der Waals surface area contributed by atoms with Gasteiger partial charge in [-0.3, -0.25) is 0 Å². The molecule has 3 aromatic carbocycles. The first kappa shape index (κ1) is 36.0. The predicted octanol–water partition coefficient (Wildman–Crippen LogP) is 6.35. The highest BCUT2D eigenvalue weighted by atomic mass is 16.6. The van der Waals surface area contributed by atoms with Gasteiger partial charge in [-0.1, -0.05) is 79.0 Å². The SMILES string of the molecule is C/C=C/C=C/C=C/C=C/C=C/C=C/C=C/C(=O)Oc1cc(C(=O)O[C@@H]2Cc3c(O)cc(O)cc3O[C@@H]2c2cc(O)c(O)c(O)c2)cc(O)c1O. The molecule has 0 aromatic heterocycles. The highest BCUT2D eigenvalue weighted by Gasteiger charge is 2.37. The zero-order valence-electron chi connectivity index (χ0n) is 26.6. The van der Waals surface area contributed by atoms with E-state index in [0.29, 0.717) is 0 Å². The van der Waals surface area contributed by atoms with Crippen LogP contribution < -0.4 is 9.47 Å². The Kier molecular flexibility index (Phi) is 12.1. The smallest absolute Gasteiger partial charge is 0.338 e. The molecule has 2 atom stereocenters. The molecule has 1 heterocycles. The van der Waals surface area contributed by atoms with Crippen LogP contribution in [0.25, 0.3) is 0 Å². The summed E-state index contributed by atoms with van der Waals surface area (Å²) in [4.78, 5) is 25.8. The first-order valence-corrected chi connectivity index (χ1v) is 15.1. The van der Waals surface area contributed by atoms with Crippen LogP contribution in [0.1, 0.15) is 34.5 Å². The summed E-state index contributed by atoms with van der Waals surface area (Å²) >= 11 is 0. The minimum absolute atomic E-state index is 0.0241. The molecule has 0 radical (unpaired) electrons. The number of allylic oxidation sites excluding steroid dienone is 13. The number of phenolic OH excluding ortho intramolecular Hbond substituents is 7. The van der Waals surface area contributed by atoms with Crippen molar-refractivity contribution in [2.24, 2.45) is 0 Å². The molecule has 0 fully saturated rings. The maximum atomic E-state index is 13.3. The number of fused-ring (bicyclic) bond motifs is 1. The highest BCUT2D eigenvalue weighted by Crippen LogP contribution is 2.46. The fourth-order valence-electron chi connectivity index (χ4n) is 4.65. The van der Waals surface area contributed by atoms with Crippen molar-refractivity contribution >= 4 is 11.9 Å². The van der Waals surface area contributed by atoms with E-state index in [9.17, 15) is 45.3 Å². The van der Waals surface area contributed by atoms with Crippen LogP contribution in [-0.2, 0) is 16.0 Å². The normalized spacial score (nSPS) is 16.3. The summed E-state index contributed by atoms with van der Waals surface area (Å²) in [5.41, 5.74) is -0.119. The molecule has 258 valence electrons. The minimum atomic E-state index is -1.25. The lowest BCUT2D eigenvalue weighted by Gasteiger charge is -2.34. The Morgan fingerprint density at radius 3 is 1.84 bits per heavy atom. The Morgan fingerprint density at radius 2 is 1.24 bits per heavy atom. The van der Waals surface area contributed by atoms with Gasteiger partial charge in [0.15, 0.2) is 34.9 Å². The third-order valence-electron chi connectivity index (χ3n) is 6.99. The van der Waals surface area contributed by atoms with Crippen LogP contribution in [0.15, 0.2) is 121 Å². The minimum Gasteiger partial charge on any atom is -0.508 e. The third-order valence-corrected chi connectivity index (χ3v) is 6.99. The molecule has 0 aliphatic carbocycles. The lowest BCUT2D eigenvalue weighted by atomic mass is 9.93. The first-order valence-electron chi connectivity index (χ1n) is 15.1. The van der Waals surface area contributed by atoms with E-state index in [4.69, 9.17) is 14.2 Å². The standard InChI is InChI=1S/C38H34O12/c1-2-3-4-5-6-7-8-9-10-11-12-13-14-15-34(44)48-32-19-24(18-30(43)36(32)46)38(47)50-33-22-26-27(40)20-25(39)21-31(26)49-37(33)23-16-28(41)35(45)29(42)17-23/h2-21,33,37,39-43,45-46H,22H2,1H3/b3-2+,5-4+,7-6+,9-8+,11-10+,13-12+,15-14+/t33-,37-/m1/s1. The Balaban J connectivity index is 1.47. The topological polar surface area (TPSA) is 203 Å². The average molecular weight is 683 g/mol. The van der Waals surface area contributed by atoms with Crippen molar-refractivity contribution in [2.75, 3.05) is 0 Å². The van der Waals surface area contributed by atoms with Gasteiger partial charge in [0.2, 0.25) is 5.75 Å². The number of phenols is 7. The molecule has 1 aliphatic heterocycles. The van der Waals surface area contributed by atoms with Gasteiger partial charge < -0.3 is 50.0 Å². The van der Waals surface area contributed by atoms with E-state index in [-0.39, 0.29) is 40.4 Å². The average Bonchev–Trinajstić information content (AvgIpc) is 3.07. The Bertz CT molecular complexity index is 1920. The van der Waals surface area contributed by atoms with Crippen LogP contribution in [-0.4, -0.2) is 53.8 Å². The highest BCUT2D eigenvalue weighted by molar-refractivity contribution is 5.92. The van der Waals surface area contributed by atoms with E-state index in [1.807, 2.05) is 55.5 Å². The van der Waals surface area contributed by atoms with E-state index in [0.717, 1.165) is 36.4 Å². The fraction of sp³-hybridized carbons (Fsp3) is 0.105. The fourth-order valence-corrected chi connectivity index (χ4v) is 4.65. The van der Waals surface area contributed by atoms with Crippen LogP contribution >= 0.6 is 0 Å². The number of ether oxygens (including phenoxy) is 3. The van der Waals surface area contributed by atoms with E-state index in [2.05, 4.69) is 0 Å². The van der Waals surface area contributed by atoms with Gasteiger partial charge in [0, 0.05) is 35.8 Å². The lowest BCUT2D eigenvalue weighted by molar-refractivity contribution is -0.129. The summed E-state index contributed by atoms with van der Waals surface area (Å²) in [5.74, 6) is -7.00. The van der Waals surface area contributed by atoms with Gasteiger partial charge in [-0.15, -0.1) is 0 Å². The molecule has 4 rings (SSSR count). The van der Waals surface area contributed by atoms with Gasteiger partial charge in [0.05, 0.1) is 5.56 Å². The molecular formula is C38H34O12. The first-order chi connectivity index (χ1) is 24.0. The molecule has 12 nitrogen and oxygen atoms in total. The van der Waals surface area contributed by atoms with Crippen molar-refractivity contribution in [1.29, 1.82) is 0 Å². The van der Waals surface area contributed by atoms with Crippen LogP contribution in [0.5, 0.6) is 51.7 Å². The number of aromatic hydroxyl groups is 7. The quantitative estimate of drug-likeness (QED) is 0.0389. The molecule has 7 N–H and O–H groups in total. The molecular weight excluding hydrogens is 648 g/mol. The molecule has 0 unspecified atom stereocenters. The van der Waals surface area contributed by atoms with E-state index in [1.165, 1.54) is 12.1 Å². The summed E-state index contributed by atoms with van der Waals surface area (Å²) in [6.07, 6.45) is 21.5. The van der Waals surface area contributed by atoms with Gasteiger partial charge in [-0.05, 0) is 31.2 Å². The van der Waals surface area contributed by atoms with E-state index >= 15 is 0 Å². The van der Waals surface area contributed by atoms with Crippen LogP contribution in [0.2, 0.25) is 0 Å². The molecule has 12 heteroatoms. The summed E-state index contributed by atoms with van der Waals surface area (Å²) < 4.78 is 16.7. The summed E-state index contributed by atoms with van der Waals surface area (Å²) in [5, 5.41) is 71.0. The van der Waals surface area contributed by atoms with Gasteiger partial charge >= 0.3 is 11.9 Å². The Labute approximate surface area is 286 Å². The maximum absolute atomic E-state index is 13.3. The van der Waals surface area contributed by atoms with Gasteiger partial charge in [0.1, 0.15) is 23.4 Å². The van der Waals surface area contributed by atoms with Gasteiger partial charge in [-0.2, -0.15) is 0 Å². The van der Waals surface area contributed by atoms with E-state index < -0.39 is 58.6 Å². The van der Waals surface area contributed by atoms with Crippen LogP contribution in [0.4, 0.5) is 0 Å². The van der Waals surface area contributed by atoms with Crippen molar-refractivity contribution in [2.45, 2.75) is 25.6 Å². The molecule has 0 saturated heterocycles. The number of hydrogen-bond donors (Lipinski definition) is 7. The second kappa shape index (κ2) is 16.8. The zero-order chi connectivity index (χ0) is 36.2. The zero-order valence-corrected chi connectivity index (χ0v) is 26.6. The third kappa shape index (κ3) is 9.38. The Hall–Kier alpha value is -6.82. The number of benzene rings is 3. The van der Waals surface area contributed by atoms with Crippen molar-refractivity contribution in [3.8, 4) is 51.7 Å². The van der Waals surface area contributed by atoms with Crippen LogP contribution in [0.3, 0.4) is 0 Å². The number of carbonyl (C=O) groups excluding carboxylic acids is 2. The van der Waals surface area contributed by atoms with Crippen molar-refractivity contribution < 1.29 is 59.5 Å². The molecule has 0 saturated carbocycles. The van der Waals surface area contributed by atoms with Crippen molar-refractivity contribution in [3.05, 3.63) is 138 Å². The summed E-state index contributed by atoms with van der Waals surface area (Å²) in [6.45, 7) is 1.93. The molecule has 1 aliphatic rings. The number of carbonyl (C=O) groups is 2. The molecule has 0 bridgehead atoms. The number of rotatable bonds is 11. The second-order valence-corrected chi connectivity index (χ2v) is 10.6. The monoisotopic (exact) mass is 682 g/mol. The summed E-state index contributed by atoms with van der Waals surface area (Å²) in [6, 6.07) is 6.26. The van der Waals surface area contributed by atoms with Gasteiger partial charge in [0.25, 0.3) is 0 Å². The molecule has 3 aromatic rings. The lowest BCUT2D eigenvalue weighted by Crippen LogP contribution is -2.34. The predicted molar refractivity (Wildman–Crippen MR) is 183 cm³/mol. The second-order valence-electron chi connectivity index (χ2n) is 10.6. The maximum Gasteiger partial charge on any atom is 0.338 e. The Morgan fingerprint density at radius 1 is 0.680 bits per heavy atom. The largest absolute Gasteiger partial charge is 0.508 e. The van der Waals surface area contributed by atoms with E-state index in [1.54, 1.807) is 24.3 Å². The molecule has 0 amide bonds. The number of esters is 2. The van der Waals surface area contributed by atoms with Crippen molar-refractivity contribution in [1.82, 2.24) is 0 Å².